The molecular weight excluding hydrogens is 268 g/mol. The molecular formula is C15H18N4O2. The fourth-order valence-electron chi connectivity index (χ4n) is 2.56. The summed E-state index contributed by atoms with van der Waals surface area (Å²) in [5.41, 5.74) is 7.55. The number of rotatable bonds is 3. The minimum Gasteiger partial charge on any atom is -0.342 e. The van der Waals surface area contributed by atoms with Gasteiger partial charge in [-0.05, 0) is 12.0 Å². The molecule has 1 saturated heterocycles. The van der Waals surface area contributed by atoms with Gasteiger partial charge in [0.2, 0.25) is 17.6 Å². The number of likely N-dealkylation sites (tertiary alicyclic amines) is 1. The normalized spacial score (nSPS) is 18.2. The molecule has 0 aliphatic carbocycles. The first-order valence-electron chi connectivity index (χ1n) is 7.06. The van der Waals surface area contributed by atoms with Crippen molar-refractivity contribution in [1.29, 1.82) is 0 Å². The molecule has 21 heavy (non-hydrogen) atoms. The minimum absolute atomic E-state index is 0.0922. The van der Waals surface area contributed by atoms with Gasteiger partial charge < -0.3 is 15.2 Å². The highest BCUT2D eigenvalue weighted by Gasteiger charge is 2.29. The first kappa shape index (κ1) is 13.8. The van der Waals surface area contributed by atoms with Crippen molar-refractivity contribution in [3.63, 3.8) is 0 Å². The van der Waals surface area contributed by atoms with Crippen molar-refractivity contribution < 1.29 is 9.32 Å². The second-order valence-corrected chi connectivity index (χ2v) is 5.31. The Morgan fingerprint density at radius 3 is 2.81 bits per heavy atom. The van der Waals surface area contributed by atoms with Gasteiger partial charge in [-0.25, -0.2) is 0 Å². The number of benzene rings is 1. The number of carbonyl (C=O) groups is 1. The van der Waals surface area contributed by atoms with Crippen LogP contribution in [0, 0.1) is 0 Å². The maximum atomic E-state index is 11.4. The van der Waals surface area contributed by atoms with Gasteiger partial charge in [0.25, 0.3) is 0 Å². The number of nitrogens with zero attached hydrogens (tertiary/aromatic N) is 3. The molecule has 110 valence electrons. The van der Waals surface area contributed by atoms with Crippen molar-refractivity contribution in [2.45, 2.75) is 25.8 Å². The molecule has 1 unspecified atom stereocenters. The van der Waals surface area contributed by atoms with Crippen LogP contribution in [0.3, 0.4) is 0 Å². The number of hydrogen-bond donors (Lipinski definition) is 1. The summed E-state index contributed by atoms with van der Waals surface area (Å²) in [7, 11) is 0. The highest BCUT2D eigenvalue weighted by Crippen LogP contribution is 2.27. The lowest BCUT2D eigenvalue weighted by atomic mass is 10.1. The molecule has 1 aliphatic heterocycles. The SMILES string of the molecule is CC(=O)N1CCC(c2nc(-c3ccc(CN)cc3)no2)C1. The van der Waals surface area contributed by atoms with Gasteiger partial charge in [0.15, 0.2) is 0 Å². The number of nitrogens with two attached hydrogens (primary N) is 1. The molecule has 1 aromatic carbocycles. The van der Waals surface area contributed by atoms with E-state index in [0.717, 1.165) is 24.1 Å². The topological polar surface area (TPSA) is 85.2 Å². The second-order valence-electron chi connectivity index (χ2n) is 5.31. The van der Waals surface area contributed by atoms with Gasteiger partial charge in [-0.1, -0.05) is 29.4 Å². The fraction of sp³-hybridized carbons (Fsp3) is 0.400. The van der Waals surface area contributed by atoms with Crippen LogP contribution in [0.1, 0.15) is 30.7 Å². The predicted molar refractivity (Wildman–Crippen MR) is 77.2 cm³/mol. The molecule has 2 heterocycles. The molecule has 1 aliphatic rings. The van der Waals surface area contributed by atoms with Gasteiger partial charge in [-0.3, -0.25) is 4.79 Å². The molecule has 1 atom stereocenters. The van der Waals surface area contributed by atoms with E-state index in [0.29, 0.717) is 24.8 Å². The van der Waals surface area contributed by atoms with Gasteiger partial charge in [0.1, 0.15) is 0 Å². The molecule has 6 heteroatoms. The van der Waals surface area contributed by atoms with Gasteiger partial charge in [0, 0.05) is 32.1 Å². The summed E-state index contributed by atoms with van der Waals surface area (Å²) in [4.78, 5) is 17.6. The molecule has 6 nitrogen and oxygen atoms in total. The number of carbonyl (C=O) groups excluding carboxylic acids is 1. The molecule has 0 saturated carbocycles. The van der Waals surface area contributed by atoms with Crippen LogP contribution < -0.4 is 5.73 Å². The van der Waals surface area contributed by atoms with E-state index in [1.165, 1.54) is 0 Å². The molecule has 0 radical (unpaired) electrons. The van der Waals surface area contributed by atoms with E-state index in [9.17, 15) is 4.79 Å². The summed E-state index contributed by atoms with van der Waals surface area (Å²) in [6, 6.07) is 7.79. The Balaban J connectivity index is 1.75. The van der Waals surface area contributed by atoms with Crippen LogP contribution in [0.5, 0.6) is 0 Å². The Bertz CT molecular complexity index is 635. The van der Waals surface area contributed by atoms with Crippen LogP contribution in [0.2, 0.25) is 0 Å². The first-order chi connectivity index (χ1) is 10.2. The van der Waals surface area contributed by atoms with E-state index in [2.05, 4.69) is 10.1 Å². The van der Waals surface area contributed by atoms with E-state index in [4.69, 9.17) is 10.3 Å². The molecule has 1 amide bonds. The molecule has 3 rings (SSSR count). The average molecular weight is 286 g/mol. The second kappa shape index (κ2) is 5.65. The molecule has 0 bridgehead atoms. The van der Waals surface area contributed by atoms with Crippen molar-refractivity contribution >= 4 is 5.91 Å². The third kappa shape index (κ3) is 2.80. The summed E-state index contributed by atoms with van der Waals surface area (Å²) < 4.78 is 5.36. The highest BCUT2D eigenvalue weighted by molar-refractivity contribution is 5.73. The first-order valence-corrected chi connectivity index (χ1v) is 7.06. The monoisotopic (exact) mass is 286 g/mol. The molecule has 1 aromatic heterocycles. The zero-order chi connectivity index (χ0) is 14.8. The van der Waals surface area contributed by atoms with Crippen molar-refractivity contribution in [3.05, 3.63) is 35.7 Å². The van der Waals surface area contributed by atoms with Crippen LogP contribution in [0.4, 0.5) is 0 Å². The molecule has 2 N–H and O–H groups in total. The summed E-state index contributed by atoms with van der Waals surface area (Å²) in [6.45, 7) is 3.51. The summed E-state index contributed by atoms with van der Waals surface area (Å²) >= 11 is 0. The third-order valence-corrected chi connectivity index (χ3v) is 3.87. The van der Waals surface area contributed by atoms with Crippen molar-refractivity contribution in [2.75, 3.05) is 13.1 Å². The number of hydrogen-bond acceptors (Lipinski definition) is 5. The summed E-state index contributed by atoms with van der Waals surface area (Å²) in [5, 5.41) is 4.04. The molecule has 1 fully saturated rings. The van der Waals surface area contributed by atoms with E-state index >= 15 is 0 Å². The predicted octanol–water partition coefficient (Wildman–Crippen LogP) is 1.53. The van der Waals surface area contributed by atoms with Crippen molar-refractivity contribution in [2.24, 2.45) is 5.73 Å². The van der Waals surface area contributed by atoms with E-state index in [1.54, 1.807) is 6.92 Å². The Hall–Kier alpha value is -2.21. The van der Waals surface area contributed by atoms with E-state index < -0.39 is 0 Å². The summed E-state index contributed by atoms with van der Waals surface area (Å²) in [5.74, 6) is 1.42. The largest absolute Gasteiger partial charge is 0.342 e. The zero-order valence-corrected chi connectivity index (χ0v) is 12.0. The highest BCUT2D eigenvalue weighted by atomic mass is 16.5. The average Bonchev–Trinajstić information content (AvgIpc) is 3.16. The zero-order valence-electron chi connectivity index (χ0n) is 12.0. The lowest BCUT2D eigenvalue weighted by molar-refractivity contribution is -0.127. The standard InChI is InChI=1S/C15H18N4O2/c1-10(20)19-7-6-13(9-19)15-17-14(18-21-15)12-4-2-11(8-16)3-5-12/h2-5,13H,6-9,16H2,1H3. The molecule has 2 aromatic rings. The minimum atomic E-state index is 0.0922. The van der Waals surface area contributed by atoms with E-state index in [1.807, 2.05) is 29.2 Å². The van der Waals surface area contributed by atoms with Crippen LogP contribution in [-0.2, 0) is 11.3 Å². The van der Waals surface area contributed by atoms with Gasteiger partial charge in [-0.15, -0.1) is 0 Å². The number of amides is 1. The fourth-order valence-corrected chi connectivity index (χ4v) is 2.56. The summed E-state index contributed by atoms with van der Waals surface area (Å²) in [6.07, 6.45) is 0.868. The van der Waals surface area contributed by atoms with Crippen LogP contribution >= 0.6 is 0 Å². The van der Waals surface area contributed by atoms with Crippen LogP contribution in [0.25, 0.3) is 11.4 Å². The van der Waals surface area contributed by atoms with Crippen molar-refractivity contribution in [3.8, 4) is 11.4 Å². The van der Waals surface area contributed by atoms with Gasteiger partial charge >= 0.3 is 0 Å². The Kier molecular flexibility index (Phi) is 3.70. The molecule has 0 spiro atoms. The Labute approximate surface area is 122 Å². The number of aromatic nitrogens is 2. The maximum absolute atomic E-state index is 11.4. The quantitative estimate of drug-likeness (QED) is 0.924. The van der Waals surface area contributed by atoms with Crippen LogP contribution in [0.15, 0.2) is 28.8 Å². The maximum Gasteiger partial charge on any atom is 0.231 e. The van der Waals surface area contributed by atoms with Gasteiger partial charge in [-0.2, -0.15) is 4.98 Å². The van der Waals surface area contributed by atoms with Crippen molar-refractivity contribution in [1.82, 2.24) is 15.0 Å². The lowest BCUT2D eigenvalue weighted by Crippen LogP contribution is -2.25. The van der Waals surface area contributed by atoms with Crippen LogP contribution in [-0.4, -0.2) is 34.0 Å². The Morgan fingerprint density at radius 1 is 1.43 bits per heavy atom. The smallest absolute Gasteiger partial charge is 0.231 e. The van der Waals surface area contributed by atoms with Gasteiger partial charge in [0.05, 0.1) is 5.92 Å². The third-order valence-electron chi connectivity index (χ3n) is 3.87. The Morgan fingerprint density at radius 2 is 2.19 bits per heavy atom. The van der Waals surface area contributed by atoms with E-state index in [-0.39, 0.29) is 11.8 Å². The lowest BCUT2D eigenvalue weighted by Gasteiger charge is -2.11.